The number of hydrogen-bond acceptors (Lipinski definition) is 8. The van der Waals surface area contributed by atoms with Crippen molar-refractivity contribution in [3.63, 3.8) is 0 Å². The molecular formula is C32H32F4N4O5S. The van der Waals surface area contributed by atoms with E-state index >= 15 is 4.39 Å². The topological polar surface area (TPSA) is 118 Å². The summed E-state index contributed by atoms with van der Waals surface area (Å²) in [6.45, 7) is 1.87. The zero-order valence-corrected chi connectivity index (χ0v) is 25.7. The second-order valence-corrected chi connectivity index (χ2v) is 12.6. The third-order valence-electron chi connectivity index (χ3n) is 8.51. The molecule has 46 heavy (non-hydrogen) atoms. The Balaban J connectivity index is 1.17. The van der Waals surface area contributed by atoms with Gasteiger partial charge >= 0.3 is 12.1 Å². The Hall–Kier alpha value is -4.04. The molecule has 14 heteroatoms. The lowest BCUT2D eigenvalue weighted by Gasteiger charge is -2.29. The van der Waals surface area contributed by atoms with Gasteiger partial charge in [0.1, 0.15) is 23.5 Å². The van der Waals surface area contributed by atoms with Gasteiger partial charge in [0.2, 0.25) is 0 Å². The molecule has 2 aromatic carbocycles. The summed E-state index contributed by atoms with van der Waals surface area (Å²) in [5.74, 6) is -1.87. The second kappa shape index (κ2) is 13.0. The Labute approximate surface area is 265 Å². The van der Waals surface area contributed by atoms with Crippen LogP contribution >= 0.6 is 11.3 Å². The zero-order chi connectivity index (χ0) is 32.6. The summed E-state index contributed by atoms with van der Waals surface area (Å²) in [6.07, 6.45) is 0.423. The van der Waals surface area contributed by atoms with Crippen LogP contribution in [0, 0.1) is 5.82 Å². The fourth-order valence-corrected chi connectivity index (χ4v) is 7.27. The summed E-state index contributed by atoms with van der Waals surface area (Å²) >= 11 is 1.26. The van der Waals surface area contributed by atoms with Crippen LogP contribution in [-0.2, 0) is 22.3 Å². The van der Waals surface area contributed by atoms with E-state index in [1.54, 1.807) is 6.07 Å². The van der Waals surface area contributed by atoms with Gasteiger partial charge in [-0.1, -0.05) is 41.6 Å². The number of alkyl halides is 3. The van der Waals surface area contributed by atoms with E-state index in [2.05, 4.69) is 27.3 Å². The summed E-state index contributed by atoms with van der Waals surface area (Å²) in [4.78, 5) is 30.0. The minimum Gasteiger partial charge on any atom is -0.480 e. The van der Waals surface area contributed by atoms with E-state index in [4.69, 9.17) is 14.4 Å². The predicted molar refractivity (Wildman–Crippen MR) is 162 cm³/mol. The molecule has 3 heterocycles. The SMILES string of the molecule is CCC1CC[C@@H](CCOCc2c(-c3ccccc3C(F)(F)F)noc2C2CC2)N1c1nc2c(F)cc(C(=O)NCC(=O)O)cc2s1. The minimum absolute atomic E-state index is 0.0105. The lowest BCUT2D eigenvalue weighted by molar-refractivity contribution is -0.137. The lowest BCUT2D eigenvalue weighted by Crippen LogP contribution is -2.36. The Morgan fingerprint density at radius 2 is 1.91 bits per heavy atom. The maximum absolute atomic E-state index is 15.0. The van der Waals surface area contributed by atoms with Crippen molar-refractivity contribution in [1.82, 2.24) is 15.5 Å². The highest BCUT2D eigenvalue weighted by Gasteiger charge is 2.38. The van der Waals surface area contributed by atoms with E-state index in [-0.39, 0.29) is 46.9 Å². The molecule has 2 aromatic heterocycles. The van der Waals surface area contributed by atoms with E-state index in [0.717, 1.165) is 44.2 Å². The van der Waals surface area contributed by atoms with Crippen molar-refractivity contribution >= 4 is 38.6 Å². The number of carboxylic acids is 1. The lowest BCUT2D eigenvalue weighted by atomic mass is 9.99. The quantitative estimate of drug-likeness (QED) is 0.122. The van der Waals surface area contributed by atoms with E-state index in [9.17, 15) is 22.8 Å². The van der Waals surface area contributed by atoms with Crippen LogP contribution in [-0.4, -0.2) is 52.4 Å². The van der Waals surface area contributed by atoms with E-state index < -0.39 is 36.0 Å². The summed E-state index contributed by atoms with van der Waals surface area (Å²) in [5, 5.41) is 15.8. The number of amides is 1. The molecule has 2 fully saturated rings. The van der Waals surface area contributed by atoms with Gasteiger partial charge in [-0.3, -0.25) is 9.59 Å². The van der Waals surface area contributed by atoms with Crippen LogP contribution in [0.15, 0.2) is 40.9 Å². The van der Waals surface area contributed by atoms with Crippen LogP contribution in [0.25, 0.3) is 21.5 Å². The molecule has 1 amide bonds. The number of benzene rings is 2. The number of halogens is 4. The number of aromatic nitrogens is 2. The Morgan fingerprint density at radius 3 is 2.63 bits per heavy atom. The van der Waals surface area contributed by atoms with Crippen LogP contribution in [0.2, 0.25) is 0 Å². The third kappa shape index (κ3) is 6.59. The van der Waals surface area contributed by atoms with Gasteiger partial charge < -0.3 is 24.6 Å². The molecule has 4 aromatic rings. The fourth-order valence-electron chi connectivity index (χ4n) is 6.10. The number of thiazole rings is 1. The van der Waals surface area contributed by atoms with Crippen molar-refractivity contribution in [3.8, 4) is 11.3 Å². The number of carbonyl (C=O) groups excluding carboxylic acids is 1. The standard InChI is InChI=1S/C32H32F4N4O5S/c1-2-19-9-10-20(40(19)31-38-28-24(33)13-18(14-25(28)46-31)30(43)37-15-26(41)42)11-12-44-16-22-27(39-45-29(22)17-7-8-17)21-5-3-4-6-23(21)32(34,35)36/h3-6,13-14,17,19-20H,2,7-12,15-16H2,1H3,(H,37,43)(H,41,42)/t19?,20-/m0/s1. The average Bonchev–Trinajstić information content (AvgIpc) is 3.43. The largest absolute Gasteiger partial charge is 0.480 e. The highest BCUT2D eigenvalue weighted by atomic mass is 32.1. The number of nitrogens with one attached hydrogen (secondary N) is 1. The smallest absolute Gasteiger partial charge is 0.417 e. The molecule has 2 aliphatic rings. The van der Waals surface area contributed by atoms with Gasteiger partial charge in [-0.2, -0.15) is 13.2 Å². The van der Waals surface area contributed by atoms with Crippen molar-refractivity contribution in [2.24, 2.45) is 0 Å². The summed E-state index contributed by atoms with van der Waals surface area (Å²) in [7, 11) is 0. The van der Waals surface area contributed by atoms with Gasteiger partial charge in [-0.25, -0.2) is 9.37 Å². The molecular weight excluding hydrogens is 628 g/mol. The maximum atomic E-state index is 15.0. The van der Waals surface area contributed by atoms with Gasteiger partial charge in [0.05, 0.1) is 16.9 Å². The summed E-state index contributed by atoms with van der Waals surface area (Å²) in [6, 6.07) is 8.08. The molecule has 2 N–H and O–H groups in total. The molecule has 1 aliphatic carbocycles. The second-order valence-electron chi connectivity index (χ2n) is 11.6. The molecule has 1 aliphatic heterocycles. The van der Waals surface area contributed by atoms with Crippen molar-refractivity contribution < 1.29 is 41.5 Å². The van der Waals surface area contributed by atoms with Gasteiger partial charge in [-0.15, -0.1) is 0 Å². The highest BCUT2D eigenvalue weighted by molar-refractivity contribution is 7.22. The van der Waals surface area contributed by atoms with E-state index in [0.29, 0.717) is 34.2 Å². The number of fused-ring (bicyclic) bond motifs is 1. The maximum Gasteiger partial charge on any atom is 0.417 e. The molecule has 0 bridgehead atoms. The molecule has 1 unspecified atom stereocenters. The molecule has 2 atom stereocenters. The fraction of sp³-hybridized carbons (Fsp3) is 0.438. The van der Waals surface area contributed by atoms with Crippen LogP contribution in [0.3, 0.4) is 0 Å². The molecule has 1 saturated heterocycles. The van der Waals surface area contributed by atoms with Gasteiger partial charge in [-0.05, 0) is 56.7 Å². The number of rotatable bonds is 12. The number of hydrogen-bond donors (Lipinski definition) is 2. The van der Waals surface area contributed by atoms with Crippen molar-refractivity contribution in [3.05, 3.63) is 64.7 Å². The number of aliphatic carboxylic acids is 1. The van der Waals surface area contributed by atoms with Crippen molar-refractivity contribution in [1.29, 1.82) is 0 Å². The monoisotopic (exact) mass is 660 g/mol. The average molecular weight is 661 g/mol. The molecule has 0 radical (unpaired) electrons. The van der Waals surface area contributed by atoms with Gasteiger partial charge in [0, 0.05) is 41.3 Å². The first kappa shape index (κ1) is 31.9. The van der Waals surface area contributed by atoms with Crippen LogP contribution in [0.4, 0.5) is 22.7 Å². The van der Waals surface area contributed by atoms with E-state index in [1.165, 1.54) is 29.5 Å². The molecule has 9 nitrogen and oxygen atoms in total. The van der Waals surface area contributed by atoms with Gasteiger partial charge in [0.25, 0.3) is 5.91 Å². The zero-order valence-electron chi connectivity index (χ0n) is 24.9. The first-order valence-electron chi connectivity index (χ1n) is 15.2. The van der Waals surface area contributed by atoms with Crippen LogP contribution in [0.5, 0.6) is 0 Å². The molecule has 0 spiro atoms. The van der Waals surface area contributed by atoms with Crippen molar-refractivity contribution in [2.75, 3.05) is 18.1 Å². The van der Waals surface area contributed by atoms with Crippen LogP contribution < -0.4 is 10.2 Å². The number of carboxylic acid groups (broad SMARTS) is 1. The van der Waals surface area contributed by atoms with Gasteiger partial charge in [0.15, 0.2) is 10.9 Å². The number of ether oxygens (including phenoxy) is 1. The Bertz CT molecular complexity index is 1750. The highest BCUT2D eigenvalue weighted by Crippen LogP contribution is 2.46. The van der Waals surface area contributed by atoms with E-state index in [1.807, 2.05) is 0 Å². The third-order valence-corrected chi connectivity index (χ3v) is 9.52. The minimum atomic E-state index is -4.55. The number of anilines is 1. The molecule has 1 saturated carbocycles. The Kier molecular flexibility index (Phi) is 9.01. The summed E-state index contributed by atoms with van der Waals surface area (Å²) < 4.78 is 68.6. The normalized spacial score (nSPS) is 18.4. The number of nitrogens with zero attached hydrogens (tertiary/aromatic N) is 3. The van der Waals surface area contributed by atoms with Crippen LogP contribution in [0.1, 0.15) is 78.6 Å². The molecule has 244 valence electrons. The first-order valence-corrected chi connectivity index (χ1v) is 16.0. The predicted octanol–water partition coefficient (Wildman–Crippen LogP) is 7.16. The summed E-state index contributed by atoms with van der Waals surface area (Å²) in [5.41, 5.74) is 0.0197. The number of carbonyl (C=O) groups is 2. The first-order chi connectivity index (χ1) is 22.0. The molecule has 6 rings (SSSR count). The Morgan fingerprint density at radius 1 is 1.15 bits per heavy atom. The van der Waals surface area contributed by atoms with Crippen molar-refractivity contribution in [2.45, 2.75) is 76.2 Å².